The summed E-state index contributed by atoms with van der Waals surface area (Å²) in [5, 5.41) is 4.80. The van der Waals surface area contributed by atoms with E-state index in [9.17, 15) is 4.79 Å². The van der Waals surface area contributed by atoms with E-state index in [4.69, 9.17) is 9.47 Å². The van der Waals surface area contributed by atoms with Crippen LogP contribution in [0.3, 0.4) is 0 Å². The van der Waals surface area contributed by atoms with Crippen molar-refractivity contribution in [1.29, 1.82) is 0 Å². The molecule has 2 aliphatic rings. The predicted molar refractivity (Wildman–Crippen MR) is 113 cm³/mol. The van der Waals surface area contributed by atoms with Gasteiger partial charge in [0.2, 0.25) is 5.88 Å². The highest BCUT2D eigenvalue weighted by Crippen LogP contribution is 2.32. The molecule has 1 unspecified atom stereocenters. The van der Waals surface area contributed by atoms with Gasteiger partial charge in [-0.25, -0.2) is 9.78 Å². The average molecular weight is 410 g/mol. The van der Waals surface area contributed by atoms with Crippen molar-refractivity contribution in [3.8, 4) is 5.88 Å². The van der Waals surface area contributed by atoms with Crippen LogP contribution in [-0.2, 0) is 4.74 Å². The van der Waals surface area contributed by atoms with Crippen LogP contribution >= 0.6 is 11.3 Å². The molecule has 150 valence electrons. The van der Waals surface area contributed by atoms with Crippen LogP contribution in [0.25, 0.3) is 10.2 Å². The van der Waals surface area contributed by atoms with Crippen molar-refractivity contribution in [3.05, 3.63) is 42.0 Å². The third kappa shape index (κ3) is 3.98. The minimum atomic E-state index is -0.456. The maximum absolute atomic E-state index is 12.3. The van der Waals surface area contributed by atoms with Crippen molar-refractivity contribution < 1.29 is 14.3 Å². The number of amides is 1. The second-order valence-electron chi connectivity index (χ2n) is 7.41. The van der Waals surface area contributed by atoms with Gasteiger partial charge in [-0.1, -0.05) is 0 Å². The van der Waals surface area contributed by atoms with Gasteiger partial charge in [-0.15, -0.1) is 11.3 Å². The quantitative estimate of drug-likeness (QED) is 0.670. The van der Waals surface area contributed by atoms with Gasteiger partial charge in [0, 0.05) is 25.2 Å². The number of pyridine rings is 2. The SMILES string of the molecule is O=C(Nc1ccc(OC2CCC2)nc1)OC1CCN(c2ccnc3ccsc23)C1. The average Bonchev–Trinajstić information content (AvgIpc) is 3.35. The monoisotopic (exact) mass is 410 g/mol. The molecule has 1 aliphatic carbocycles. The van der Waals surface area contributed by atoms with E-state index >= 15 is 0 Å². The van der Waals surface area contributed by atoms with Crippen LogP contribution in [0.4, 0.5) is 16.2 Å². The van der Waals surface area contributed by atoms with Gasteiger partial charge in [0.05, 0.1) is 34.3 Å². The first kappa shape index (κ1) is 18.2. The molecule has 2 fully saturated rings. The second-order valence-corrected chi connectivity index (χ2v) is 8.32. The summed E-state index contributed by atoms with van der Waals surface area (Å²) in [6.45, 7) is 1.53. The zero-order valence-corrected chi connectivity index (χ0v) is 16.7. The molecule has 1 saturated carbocycles. The number of nitrogens with one attached hydrogen (secondary N) is 1. The van der Waals surface area contributed by atoms with Gasteiger partial charge in [-0.2, -0.15) is 0 Å². The molecule has 1 aliphatic heterocycles. The van der Waals surface area contributed by atoms with Gasteiger partial charge in [0.25, 0.3) is 0 Å². The third-order valence-corrected chi connectivity index (χ3v) is 6.33. The molecule has 1 atom stereocenters. The van der Waals surface area contributed by atoms with Gasteiger partial charge < -0.3 is 14.4 Å². The fourth-order valence-electron chi connectivity index (χ4n) is 3.63. The fourth-order valence-corrected chi connectivity index (χ4v) is 4.53. The van der Waals surface area contributed by atoms with Gasteiger partial charge in [0.1, 0.15) is 12.2 Å². The maximum atomic E-state index is 12.3. The van der Waals surface area contributed by atoms with E-state index in [0.29, 0.717) is 18.1 Å². The van der Waals surface area contributed by atoms with E-state index in [-0.39, 0.29) is 12.2 Å². The number of anilines is 2. The van der Waals surface area contributed by atoms with Gasteiger partial charge in [-0.3, -0.25) is 10.3 Å². The molecule has 1 N–H and O–H groups in total. The van der Waals surface area contributed by atoms with Crippen molar-refractivity contribution in [2.24, 2.45) is 0 Å². The van der Waals surface area contributed by atoms with Crippen LogP contribution in [0.5, 0.6) is 5.88 Å². The lowest BCUT2D eigenvalue weighted by molar-refractivity contribution is 0.114. The fraction of sp³-hybridized carbons (Fsp3) is 0.381. The Morgan fingerprint density at radius 1 is 1.14 bits per heavy atom. The summed E-state index contributed by atoms with van der Waals surface area (Å²) >= 11 is 1.69. The predicted octanol–water partition coefficient (Wildman–Crippen LogP) is 4.45. The number of rotatable bonds is 5. The first-order valence-electron chi connectivity index (χ1n) is 9.92. The molecule has 5 rings (SSSR count). The number of carbonyl (C=O) groups is 1. The van der Waals surface area contributed by atoms with E-state index in [1.165, 1.54) is 11.1 Å². The molecule has 0 spiro atoms. The number of aromatic nitrogens is 2. The molecular weight excluding hydrogens is 388 g/mol. The Hall–Kier alpha value is -2.87. The summed E-state index contributed by atoms with van der Waals surface area (Å²) in [5.41, 5.74) is 2.76. The number of nitrogens with zero attached hydrogens (tertiary/aromatic N) is 3. The first-order chi connectivity index (χ1) is 14.2. The highest BCUT2D eigenvalue weighted by atomic mass is 32.1. The molecule has 3 aromatic heterocycles. The highest BCUT2D eigenvalue weighted by molar-refractivity contribution is 7.17. The lowest BCUT2D eigenvalue weighted by Crippen LogP contribution is -2.27. The summed E-state index contributed by atoms with van der Waals surface area (Å²) in [6, 6.07) is 7.62. The molecule has 4 heterocycles. The molecule has 0 radical (unpaired) electrons. The normalized spacial score (nSPS) is 19.2. The molecular formula is C21H22N4O3S. The number of carbonyl (C=O) groups excluding carboxylic acids is 1. The number of hydrogen-bond acceptors (Lipinski definition) is 7. The van der Waals surface area contributed by atoms with Crippen molar-refractivity contribution in [1.82, 2.24) is 9.97 Å². The van der Waals surface area contributed by atoms with Crippen molar-refractivity contribution >= 4 is 39.0 Å². The number of fused-ring (bicyclic) bond motifs is 1. The van der Waals surface area contributed by atoms with E-state index in [2.05, 4.69) is 25.6 Å². The lowest BCUT2D eigenvalue weighted by atomic mass is 9.96. The summed E-state index contributed by atoms with van der Waals surface area (Å²) in [6.07, 6.45) is 7.30. The van der Waals surface area contributed by atoms with Crippen LogP contribution in [-0.4, -0.2) is 41.4 Å². The molecule has 0 bridgehead atoms. The lowest BCUT2D eigenvalue weighted by Gasteiger charge is -2.25. The van der Waals surface area contributed by atoms with Gasteiger partial charge in [-0.05, 0) is 42.8 Å². The Labute approximate surface area is 172 Å². The molecule has 8 heteroatoms. The first-order valence-corrected chi connectivity index (χ1v) is 10.8. The Balaban J connectivity index is 1.15. The minimum Gasteiger partial charge on any atom is -0.474 e. The van der Waals surface area contributed by atoms with Crippen LogP contribution in [0, 0.1) is 0 Å². The second kappa shape index (κ2) is 7.87. The van der Waals surface area contributed by atoms with E-state index < -0.39 is 6.09 Å². The van der Waals surface area contributed by atoms with Crippen LogP contribution in [0.2, 0.25) is 0 Å². The molecule has 1 amide bonds. The standard InChI is InChI=1S/C21H22N4O3S/c26-21(24-14-4-5-19(23-12-14)27-15-2-1-3-15)28-16-7-10-25(13-16)18-6-9-22-17-8-11-29-20(17)18/h4-6,8-9,11-12,15-16H,1-3,7,10,13H2,(H,24,26). The zero-order valence-electron chi connectivity index (χ0n) is 15.9. The maximum Gasteiger partial charge on any atom is 0.412 e. The van der Waals surface area contributed by atoms with Crippen molar-refractivity contribution in [3.63, 3.8) is 0 Å². The molecule has 7 nitrogen and oxygen atoms in total. The number of thiophene rings is 1. The Kier molecular flexibility index (Phi) is 4.93. The largest absolute Gasteiger partial charge is 0.474 e. The van der Waals surface area contributed by atoms with Crippen LogP contribution in [0.1, 0.15) is 25.7 Å². The molecule has 3 aromatic rings. The molecule has 0 aromatic carbocycles. The van der Waals surface area contributed by atoms with Crippen molar-refractivity contribution in [2.45, 2.75) is 37.9 Å². The smallest absolute Gasteiger partial charge is 0.412 e. The summed E-state index contributed by atoms with van der Waals surface area (Å²) < 4.78 is 12.5. The number of hydrogen-bond donors (Lipinski definition) is 1. The Morgan fingerprint density at radius 3 is 2.86 bits per heavy atom. The molecule has 1 saturated heterocycles. The van der Waals surface area contributed by atoms with Crippen LogP contribution in [0.15, 0.2) is 42.0 Å². The summed E-state index contributed by atoms with van der Waals surface area (Å²) in [4.78, 5) is 23.2. The van der Waals surface area contributed by atoms with E-state index in [1.54, 1.807) is 29.7 Å². The van der Waals surface area contributed by atoms with Crippen molar-refractivity contribution in [2.75, 3.05) is 23.3 Å². The van der Waals surface area contributed by atoms with E-state index in [1.807, 2.05) is 18.3 Å². The zero-order chi connectivity index (χ0) is 19.6. The summed E-state index contributed by atoms with van der Waals surface area (Å²) in [5.74, 6) is 0.595. The van der Waals surface area contributed by atoms with Crippen LogP contribution < -0.4 is 15.0 Å². The van der Waals surface area contributed by atoms with Gasteiger partial charge >= 0.3 is 6.09 Å². The summed E-state index contributed by atoms with van der Waals surface area (Å²) in [7, 11) is 0. The molecule has 29 heavy (non-hydrogen) atoms. The Bertz CT molecular complexity index is 1000. The Morgan fingerprint density at radius 2 is 2.07 bits per heavy atom. The minimum absolute atomic E-state index is 0.146. The topological polar surface area (TPSA) is 76.6 Å². The van der Waals surface area contributed by atoms with E-state index in [0.717, 1.165) is 37.0 Å². The van der Waals surface area contributed by atoms with Gasteiger partial charge in [0.15, 0.2) is 0 Å². The number of ether oxygens (including phenoxy) is 2. The third-order valence-electron chi connectivity index (χ3n) is 5.40. The highest BCUT2D eigenvalue weighted by Gasteiger charge is 2.27.